The number of benzene rings is 4. The Labute approximate surface area is 286 Å². The minimum Gasteiger partial charge on any atom is -0.492 e. The number of hydrogen-bond acceptors (Lipinski definition) is 8. The molecule has 0 saturated carbocycles. The molecule has 6 rings (SSSR count). The van der Waals surface area contributed by atoms with Crippen molar-refractivity contribution in [3.63, 3.8) is 0 Å². The van der Waals surface area contributed by atoms with Crippen molar-refractivity contribution in [3.05, 3.63) is 108 Å². The average Bonchev–Trinajstić information content (AvgIpc) is 3.55. The maximum Gasteiger partial charge on any atom is 0.305 e. The molecule has 1 aromatic heterocycles. The van der Waals surface area contributed by atoms with Gasteiger partial charge in [0.05, 0.1) is 35.2 Å². The standard InChI is InChI=1S/C38H40N4O6S/c1-38(2,3)34-26-35(42(39-34)28-13-10-14-29(25-28)49(4,45)46)41(27-11-6-5-7-12-27)37(44)36(43)32-17-18-33(31-16-9-8-15-30(31)32)48-24-21-40-19-22-47-23-20-40/h5-18,25-26H,19-24H2,1-4H3. The zero-order valence-electron chi connectivity index (χ0n) is 28.1. The van der Waals surface area contributed by atoms with Crippen molar-refractivity contribution in [1.29, 1.82) is 0 Å². The number of nitrogens with zero attached hydrogens (tertiary/aromatic N) is 4. The molecule has 1 fully saturated rings. The molecule has 11 heteroatoms. The molecule has 254 valence electrons. The molecule has 0 bridgehead atoms. The molecule has 0 N–H and O–H groups in total. The quantitative estimate of drug-likeness (QED) is 0.131. The highest BCUT2D eigenvalue weighted by molar-refractivity contribution is 7.90. The van der Waals surface area contributed by atoms with Crippen LogP contribution in [0.4, 0.5) is 11.5 Å². The van der Waals surface area contributed by atoms with Gasteiger partial charge in [0.25, 0.3) is 5.78 Å². The summed E-state index contributed by atoms with van der Waals surface area (Å²) >= 11 is 0. The van der Waals surface area contributed by atoms with Gasteiger partial charge in [0.1, 0.15) is 18.2 Å². The third kappa shape index (κ3) is 7.44. The summed E-state index contributed by atoms with van der Waals surface area (Å²) in [5, 5.41) is 6.18. The van der Waals surface area contributed by atoms with Crippen molar-refractivity contribution in [2.24, 2.45) is 0 Å². The zero-order chi connectivity index (χ0) is 34.8. The number of amides is 1. The third-order valence-corrected chi connectivity index (χ3v) is 9.60. The lowest BCUT2D eigenvalue weighted by Crippen LogP contribution is -2.38. The Balaban J connectivity index is 1.41. The van der Waals surface area contributed by atoms with E-state index in [0.717, 1.165) is 31.3 Å². The molecular weight excluding hydrogens is 641 g/mol. The van der Waals surface area contributed by atoms with Crippen LogP contribution in [0.15, 0.2) is 102 Å². The van der Waals surface area contributed by atoms with E-state index < -0.39 is 26.9 Å². The van der Waals surface area contributed by atoms with Crippen molar-refractivity contribution in [1.82, 2.24) is 14.7 Å². The lowest BCUT2D eigenvalue weighted by Gasteiger charge is -2.26. The topological polar surface area (TPSA) is 111 Å². The Bertz CT molecular complexity index is 2100. The molecule has 2 heterocycles. The first kappa shape index (κ1) is 34.0. The highest BCUT2D eigenvalue weighted by atomic mass is 32.2. The number of fused-ring (bicyclic) bond motifs is 1. The summed E-state index contributed by atoms with van der Waals surface area (Å²) in [4.78, 5) is 32.7. The van der Waals surface area contributed by atoms with E-state index in [-0.39, 0.29) is 10.5 Å². The first-order valence-corrected chi connectivity index (χ1v) is 18.1. The van der Waals surface area contributed by atoms with Gasteiger partial charge in [-0.2, -0.15) is 5.10 Å². The molecule has 0 atom stereocenters. The number of ketones is 1. The van der Waals surface area contributed by atoms with Crippen LogP contribution in [0.5, 0.6) is 5.75 Å². The fourth-order valence-electron chi connectivity index (χ4n) is 5.79. The van der Waals surface area contributed by atoms with Crippen LogP contribution in [-0.2, 0) is 24.8 Å². The Morgan fingerprint density at radius 1 is 0.878 bits per heavy atom. The Morgan fingerprint density at radius 2 is 1.57 bits per heavy atom. The van der Waals surface area contributed by atoms with Gasteiger partial charge in [-0.15, -0.1) is 0 Å². The van der Waals surface area contributed by atoms with E-state index in [1.807, 2.05) is 51.1 Å². The number of para-hydroxylation sites is 1. The number of carbonyl (C=O) groups excluding carboxylic acids is 2. The number of sulfone groups is 1. The molecule has 4 aromatic carbocycles. The van der Waals surface area contributed by atoms with E-state index in [1.54, 1.807) is 54.6 Å². The Morgan fingerprint density at radius 3 is 2.27 bits per heavy atom. The van der Waals surface area contributed by atoms with Gasteiger partial charge in [-0.1, -0.05) is 69.3 Å². The number of ether oxygens (including phenoxy) is 2. The summed E-state index contributed by atoms with van der Waals surface area (Å²) < 4.78 is 38.1. The van der Waals surface area contributed by atoms with E-state index in [2.05, 4.69) is 4.90 Å². The van der Waals surface area contributed by atoms with Gasteiger partial charge in [0, 0.05) is 48.3 Å². The predicted octanol–water partition coefficient (Wildman–Crippen LogP) is 5.99. The molecule has 0 unspecified atom stereocenters. The van der Waals surface area contributed by atoms with Crippen LogP contribution >= 0.6 is 0 Å². The summed E-state index contributed by atoms with van der Waals surface area (Å²) in [5.74, 6) is -0.577. The van der Waals surface area contributed by atoms with Gasteiger partial charge < -0.3 is 9.47 Å². The SMILES string of the molecule is CC(C)(C)c1cc(N(C(=O)C(=O)c2ccc(OCCN3CCOCC3)c3ccccc23)c2ccccc2)n(-c2cccc(S(C)(=O)=O)c2)n1. The van der Waals surface area contributed by atoms with Crippen LogP contribution in [0.2, 0.25) is 0 Å². The van der Waals surface area contributed by atoms with Gasteiger partial charge in [-0.3, -0.25) is 19.4 Å². The fraction of sp³-hybridized carbons (Fsp3) is 0.289. The zero-order valence-corrected chi connectivity index (χ0v) is 28.9. The number of Topliss-reactive ketones (excluding diaryl/α,β-unsaturated/α-hetero) is 1. The summed E-state index contributed by atoms with van der Waals surface area (Å²) in [6.45, 7) is 10.3. The summed E-state index contributed by atoms with van der Waals surface area (Å²) in [6, 6.07) is 27.8. The van der Waals surface area contributed by atoms with Crippen LogP contribution in [0.1, 0.15) is 36.8 Å². The van der Waals surface area contributed by atoms with E-state index >= 15 is 0 Å². The van der Waals surface area contributed by atoms with E-state index in [4.69, 9.17) is 14.6 Å². The van der Waals surface area contributed by atoms with E-state index in [1.165, 1.54) is 21.7 Å². The van der Waals surface area contributed by atoms with E-state index in [0.29, 0.717) is 53.8 Å². The molecule has 1 amide bonds. The number of morpholine rings is 1. The number of carbonyl (C=O) groups is 2. The molecule has 0 radical (unpaired) electrons. The van der Waals surface area contributed by atoms with Gasteiger partial charge in [-0.05, 0) is 47.9 Å². The second kappa shape index (κ2) is 13.9. The van der Waals surface area contributed by atoms with Crippen LogP contribution in [0, 0.1) is 0 Å². The molecule has 10 nitrogen and oxygen atoms in total. The molecule has 1 aliphatic rings. The van der Waals surface area contributed by atoms with Crippen molar-refractivity contribution >= 4 is 43.8 Å². The smallest absolute Gasteiger partial charge is 0.305 e. The predicted molar refractivity (Wildman–Crippen MR) is 190 cm³/mol. The highest BCUT2D eigenvalue weighted by Crippen LogP contribution is 2.35. The van der Waals surface area contributed by atoms with Crippen molar-refractivity contribution in [2.45, 2.75) is 31.1 Å². The Kier molecular flexibility index (Phi) is 9.69. The highest BCUT2D eigenvalue weighted by Gasteiger charge is 2.32. The average molecular weight is 681 g/mol. The molecule has 49 heavy (non-hydrogen) atoms. The maximum atomic E-state index is 14.6. The monoisotopic (exact) mass is 680 g/mol. The molecule has 5 aromatic rings. The maximum absolute atomic E-state index is 14.6. The minimum atomic E-state index is -3.54. The van der Waals surface area contributed by atoms with Crippen LogP contribution < -0.4 is 9.64 Å². The van der Waals surface area contributed by atoms with Crippen LogP contribution in [0.3, 0.4) is 0 Å². The van der Waals surface area contributed by atoms with E-state index in [9.17, 15) is 18.0 Å². The van der Waals surface area contributed by atoms with Crippen molar-refractivity contribution in [2.75, 3.05) is 50.6 Å². The lowest BCUT2D eigenvalue weighted by atomic mass is 9.92. The van der Waals surface area contributed by atoms with Crippen molar-refractivity contribution < 1.29 is 27.5 Å². The molecule has 0 aliphatic carbocycles. The number of hydrogen-bond donors (Lipinski definition) is 0. The summed E-state index contributed by atoms with van der Waals surface area (Å²) in [6.07, 6.45) is 1.14. The van der Waals surface area contributed by atoms with Gasteiger partial charge in [0.2, 0.25) is 0 Å². The summed E-state index contributed by atoms with van der Waals surface area (Å²) in [7, 11) is -3.54. The van der Waals surface area contributed by atoms with Gasteiger partial charge in [-0.25, -0.2) is 13.1 Å². The molecule has 1 aliphatic heterocycles. The Hall–Kier alpha value is -4.84. The van der Waals surface area contributed by atoms with Crippen LogP contribution in [-0.4, -0.2) is 80.5 Å². The first-order valence-electron chi connectivity index (χ1n) is 16.2. The van der Waals surface area contributed by atoms with Gasteiger partial charge in [0.15, 0.2) is 9.84 Å². The number of rotatable bonds is 10. The first-order chi connectivity index (χ1) is 23.4. The third-order valence-electron chi connectivity index (χ3n) is 8.49. The van der Waals surface area contributed by atoms with Gasteiger partial charge >= 0.3 is 5.91 Å². The molecule has 0 spiro atoms. The lowest BCUT2D eigenvalue weighted by molar-refractivity contribution is -0.114. The molecule has 1 saturated heterocycles. The van der Waals surface area contributed by atoms with Crippen LogP contribution in [0.25, 0.3) is 16.5 Å². The van der Waals surface area contributed by atoms with Crippen molar-refractivity contribution in [3.8, 4) is 11.4 Å². The normalized spacial score (nSPS) is 14.1. The molecular formula is C38H40N4O6S. The number of anilines is 2. The second-order valence-corrected chi connectivity index (χ2v) is 15.1. The number of aromatic nitrogens is 2. The fourth-order valence-corrected chi connectivity index (χ4v) is 6.45. The second-order valence-electron chi connectivity index (χ2n) is 13.1. The summed E-state index contributed by atoms with van der Waals surface area (Å²) in [5.41, 5.74) is 1.34. The largest absolute Gasteiger partial charge is 0.492 e. The minimum absolute atomic E-state index is 0.108.